The van der Waals surface area contributed by atoms with Gasteiger partial charge in [0.25, 0.3) is 5.92 Å². The maximum atomic E-state index is 14.4. The van der Waals surface area contributed by atoms with E-state index in [2.05, 4.69) is 29.8 Å². The number of fused-ring (bicyclic) bond motifs is 2. The molecule has 1 atom stereocenters. The lowest BCUT2D eigenvalue weighted by molar-refractivity contribution is -0.181. The highest BCUT2D eigenvalue weighted by atomic mass is 35.5. The summed E-state index contributed by atoms with van der Waals surface area (Å²) in [6.07, 6.45) is 5.27. The van der Waals surface area contributed by atoms with E-state index >= 15 is 0 Å². The minimum absolute atomic E-state index is 0.0601. The zero-order valence-corrected chi connectivity index (χ0v) is 20.6. The fourth-order valence-corrected chi connectivity index (χ4v) is 6.71. The van der Waals surface area contributed by atoms with Crippen LogP contribution in [0.2, 0.25) is 4.34 Å². The molecule has 3 aliphatic heterocycles. The van der Waals surface area contributed by atoms with Crippen LogP contribution in [0, 0.1) is 5.92 Å². The molecule has 33 heavy (non-hydrogen) atoms. The van der Waals surface area contributed by atoms with Crippen molar-refractivity contribution in [2.75, 3.05) is 37.8 Å². The fourth-order valence-electron chi connectivity index (χ4n) is 5.23. The Morgan fingerprint density at radius 3 is 2.85 bits per heavy atom. The summed E-state index contributed by atoms with van der Waals surface area (Å²) in [5, 5.41) is 6.86. The van der Waals surface area contributed by atoms with Crippen molar-refractivity contribution in [3.05, 3.63) is 44.7 Å². The third-order valence-corrected chi connectivity index (χ3v) is 8.53. The molecule has 9 heteroatoms. The highest BCUT2D eigenvalue weighted by Crippen LogP contribution is 2.52. The van der Waals surface area contributed by atoms with Gasteiger partial charge in [-0.15, -0.1) is 11.3 Å². The van der Waals surface area contributed by atoms with Gasteiger partial charge >= 0.3 is 0 Å². The summed E-state index contributed by atoms with van der Waals surface area (Å²) in [5.41, 5.74) is 1.77. The molecule has 0 aliphatic carbocycles. The number of rotatable bonds is 5. The third kappa shape index (κ3) is 4.31. The molecule has 0 aromatic carbocycles. The quantitative estimate of drug-likeness (QED) is 0.536. The molecule has 5 nitrogen and oxygen atoms in total. The molecule has 2 aromatic rings. The summed E-state index contributed by atoms with van der Waals surface area (Å²) in [4.78, 5) is 7.63. The number of nitrogens with zero attached hydrogens (tertiary/aromatic N) is 4. The van der Waals surface area contributed by atoms with Gasteiger partial charge in [-0.1, -0.05) is 31.0 Å². The van der Waals surface area contributed by atoms with Gasteiger partial charge in [0.15, 0.2) is 5.82 Å². The molecule has 2 aromatic heterocycles. The van der Waals surface area contributed by atoms with Crippen molar-refractivity contribution in [2.45, 2.75) is 51.1 Å². The van der Waals surface area contributed by atoms with Crippen LogP contribution >= 0.6 is 22.9 Å². The van der Waals surface area contributed by atoms with E-state index in [4.69, 9.17) is 21.4 Å². The van der Waals surface area contributed by atoms with Gasteiger partial charge in [0, 0.05) is 47.9 Å². The van der Waals surface area contributed by atoms with Crippen molar-refractivity contribution < 1.29 is 13.5 Å². The molecule has 0 amide bonds. The van der Waals surface area contributed by atoms with Gasteiger partial charge in [-0.2, -0.15) is 13.9 Å². The molecule has 0 bridgehead atoms. The summed E-state index contributed by atoms with van der Waals surface area (Å²) < 4.78 is 35.0. The molecule has 1 spiro atoms. The molecule has 1 fully saturated rings. The molecule has 178 valence electrons. The Bertz CT molecular complexity index is 1050. The number of hydrazone groups is 1. The molecule has 1 saturated heterocycles. The maximum absolute atomic E-state index is 14.4. The van der Waals surface area contributed by atoms with Crippen molar-refractivity contribution in [1.82, 2.24) is 9.88 Å². The highest BCUT2D eigenvalue weighted by Gasteiger charge is 2.51. The number of halogens is 3. The predicted molar refractivity (Wildman–Crippen MR) is 129 cm³/mol. The molecular formula is C24H29ClF2N4OS. The molecule has 1 unspecified atom stereocenters. The Hall–Kier alpha value is -1.61. The first-order valence-corrected chi connectivity index (χ1v) is 12.8. The number of ether oxygens (including phenoxy) is 1. The summed E-state index contributed by atoms with van der Waals surface area (Å²) in [6, 6.07) is 5.54. The number of hydrogen-bond donors (Lipinski definition) is 0. The lowest BCUT2D eigenvalue weighted by atomic mass is 9.84. The van der Waals surface area contributed by atoms with Crippen molar-refractivity contribution >= 4 is 34.5 Å². The predicted octanol–water partition coefficient (Wildman–Crippen LogP) is 5.67. The van der Waals surface area contributed by atoms with Crippen LogP contribution in [-0.4, -0.2) is 48.4 Å². The number of aromatic nitrogens is 1. The van der Waals surface area contributed by atoms with E-state index in [0.717, 1.165) is 50.6 Å². The van der Waals surface area contributed by atoms with E-state index < -0.39 is 18.1 Å². The van der Waals surface area contributed by atoms with Crippen molar-refractivity contribution in [3.63, 3.8) is 0 Å². The standard InChI is InChI=1S/C24H29ClF2N4OS/c1-3-5-17-6-4-9-28-22(17)31-14-18(16(2)29-31)13-30-10-7-23(8-11-30)21-19(12-20(25)33-21)24(26,27)15-32-23/h4,6,9,12,18H,3,5,7-8,10-11,13-15H2,1-2H3. The Morgan fingerprint density at radius 1 is 1.30 bits per heavy atom. The smallest absolute Gasteiger partial charge is 0.297 e. The van der Waals surface area contributed by atoms with E-state index in [9.17, 15) is 8.78 Å². The van der Waals surface area contributed by atoms with Gasteiger partial charge in [0.1, 0.15) is 12.2 Å². The molecule has 0 saturated carbocycles. The number of hydrogen-bond acceptors (Lipinski definition) is 6. The summed E-state index contributed by atoms with van der Waals surface area (Å²) in [7, 11) is 0. The van der Waals surface area contributed by atoms with Gasteiger partial charge in [-0.3, -0.25) is 0 Å². The first kappa shape index (κ1) is 23.1. The number of thiophene rings is 1. The van der Waals surface area contributed by atoms with E-state index in [1.165, 1.54) is 23.0 Å². The van der Waals surface area contributed by atoms with Crippen LogP contribution in [0.1, 0.15) is 49.1 Å². The topological polar surface area (TPSA) is 41.0 Å². The number of alkyl halides is 2. The van der Waals surface area contributed by atoms with Gasteiger partial charge in [-0.05, 0) is 43.9 Å². The van der Waals surface area contributed by atoms with Gasteiger partial charge in [-0.25, -0.2) is 9.99 Å². The second-order valence-electron chi connectivity index (χ2n) is 9.34. The summed E-state index contributed by atoms with van der Waals surface area (Å²) in [5.74, 6) is -1.69. The van der Waals surface area contributed by atoms with Crippen LogP contribution in [0.25, 0.3) is 0 Å². The SMILES string of the molecule is CCCc1cccnc1N1CC(CN2CCC3(CC2)OCC(F)(F)c2cc(Cl)sc23)C(C)=N1. The normalized spacial score (nSPS) is 24.2. The Labute approximate surface area is 202 Å². The van der Waals surface area contributed by atoms with Crippen LogP contribution in [0.15, 0.2) is 29.5 Å². The van der Waals surface area contributed by atoms with Crippen LogP contribution in [-0.2, 0) is 22.7 Å². The first-order chi connectivity index (χ1) is 15.8. The average molecular weight is 495 g/mol. The monoisotopic (exact) mass is 494 g/mol. The van der Waals surface area contributed by atoms with E-state index in [1.807, 2.05) is 17.3 Å². The number of likely N-dealkylation sites (tertiary alicyclic amines) is 1. The van der Waals surface area contributed by atoms with E-state index in [1.54, 1.807) is 0 Å². The lowest BCUT2D eigenvalue weighted by Crippen LogP contribution is -2.50. The number of piperidine rings is 1. The highest BCUT2D eigenvalue weighted by molar-refractivity contribution is 7.16. The number of anilines is 1. The maximum Gasteiger partial charge on any atom is 0.297 e. The van der Waals surface area contributed by atoms with E-state index in [0.29, 0.717) is 28.0 Å². The molecule has 3 aliphatic rings. The van der Waals surface area contributed by atoms with E-state index in [-0.39, 0.29) is 5.56 Å². The zero-order chi connectivity index (χ0) is 23.2. The average Bonchev–Trinajstić information content (AvgIpc) is 3.37. The Balaban J connectivity index is 1.24. The summed E-state index contributed by atoms with van der Waals surface area (Å²) in [6.45, 7) is 7.00. The van der Waals surface area contributed by atoms with Crippen LogP contribution in [0.5, 0.6) is 0 Å². The second-order valence-corrected chi connectivity index (χ2v) is 11.0. The van der Waals surface area contributed by atoms with Crippen molar-refractivity contribution in [3.8, 4) is 0 Å². The van der Waals surface area contributed by atoms with Crippen LogP contribution < -0.4 is 5.01 Å². The third-order valence-electron chi connectivity index (χ3n) is 7.08. The first-order valence-electron chi connectivity index (χ1n) is 11.6. The van der Waals surface area contributed by atoms with Crippen molar-refractivity contribution in [2.24, 2.45) is 11.0 Å². The molecule has 5 heterocycles. The van der Waals surface area contributed by atoms with Crippen LogP contribution in [0.4, 0.5) is 14.6 Å². The fraction of sp³-hybridized carbons (Fsp3) is 0.583. The second kappa shape index (κ2) is 8.87. The zero-order valence-electron chi connectivity index (χ0n) is 19.0. The molecular weight excluding hydrogens is 466 g/mol. The largest absolute Gasteiger partial charge is 0.363 e. The van der Waals surface area contributed by atoms with Gasteiger partial charge in [0.05, 0.1) is 10.9 Å². The van der Waals surface area contributed by atoms with Gasteiger partial charge < -0.3 is 9.64 Å². The Kier molecular flexibility index (Phi) is 6.22. The summed E-state index contributed by atoms with van der Waals surface area (Å²) >= 11 is 7.37. The minimum Gasteiger partial charge on any atom is -0.363 e. The molecule has 0 N–H and O–H groups in total. The Morgan fingerprint density at radius 2 is 2.09 bits per heavy atom. The van der Waals surface area contributed by atoms with Crippen LogP contribution in [0.3, 0.4) is 0 Å². The van der Waals surface area contributed by atoms with Gasteiger partial charge in [0.2, 0.25) is 0 Å². The number of aryl methyl sites for hydroxylation is 1. The number of pyridine rings is 1. The lowest BCUT2D eigenvalue weighted by Gasteiger charge is -2.45. The van der Waals surface area contributed by atoms with Crippen molar-refractivity contribution in [1.29, 1.82) is 0 Å². The molecule has 5 rings (SSSR count). The minimum atomic E-state index is -2.97. The molecule has 0 radical (unpaired) electrons.